The zero-order valence-corrected chi connectivity index (χ0v) is 19.6. The van der Waals surface area contributed by atoms with Gasteiger partial charge in [-0.25, -0.2) is 4.68 Å². The number of carbonyl (C=O) groups excluding carboxylic acids is 1. The van der Waals surface area contributed by atoms with Gasteiger partial charge in [0.05, 0.1) is 21.3 Å². The second-order valence-corrected chi connectivity index (χ2v) is 8.39. The quantitative estimate of drug-likeness (QED) is 0.557. The third kappa shape index (κ3) is 3.91. The molecule has 1 aromatic carbocycles. The fourth-order valence-corrected chi connectivity index (χ4v) is 4.76. The molecule has 3 heterocycles. The van der Waals surface area contributed by atoms with Crippen molar-refractivity contribution < 1.29 is 32.2 Å². The molecule has 5 rings (SSSR count). The van der Waals surface area contributed by atoms with E-state index in [4.69, 9.17) is 14.2 Å². The van der Waals surface area contributed by atoms with Crippen LogP contribution in [-0.4, -0.2) is 46.9 Å². The topological polar surface area (TPSA) is 100 Å². The number of methoxy groups -OCH3 is 3. The number of halogens is 3. The van der Waals surface area contributed by atoms with E-state index in [0.717, 1.165) is 10.2 Å². The van der Waals surface area contributed by atoms with Gasteiger partial charge in [-0.05, 0) is 47.7 Å². The van der Waals surface area contributed by atoms with Crippen molar-refractivity contribution in [1.82, 2.24) is 19.7 Å². The highest BCUT2D eigenvalue weighted by atomic mass is 19.4. The fraction of sp³-hybridized carbons (Fsp3) is 0.333. The maximum Gasteiger partial charge on any atom is 0.453 e. The van der Waals surface area contributed by atoms with Crippen LogP contribution in [0.4, 0.5) is 19.1 Å². The molecule has 0 radical (unpaired) electrons. The first kappa shape index (κ1) is 23.6. The smallest absolute Gasteiger partial charge is 0.453 e. The van der Waals surface area contributed by atoms with E-state index in [1.54, 1.807) is 24.3 Å². The Morgan fingerprint density at radius 3 is 2.25 bits per heavy atom. The molecule has 1 aliphatic carbocycles. The van der Waals surface area contributed by atoms with Crippen molar-refractivity contribution in [3.05, 3.63) is 64.9 Å². The van der Waals surface area contributed by atoms with Crippen molar-refractivity contribution in [3.63, 3.8) is 0 Å². The summed E-state index contributed by atoms with van der Waals surface area (Å²) in [6, 6.07) is 5.99. The number of hydrogen-bond acceptors (Lipinski definition) is 8. The second-order valence-electron chi connectivity index (χ2n) is 8.39. The summed E-state index contributed by atoms with van der Waals surface area (Å²) in [7, 11) is 4.50. The Labute approximate surface area is 203 Å². The number of pyridine rings is 1. The summed E-state index contributed by atoms with van der Waals surface area (Å²) in [6.07, 6.45) is -1.21. The molecule has 0 bridgehead atoms. The highest BCUT2D eigenvalue weighted by Gasteiger charge is 2.43. The van der Waals surface area contributed by atoms with Gasteiger partial charge in [-0.2, -0.15) is 18.2 Å². The summed E-state index contributed by atoms with van der Waals surface area (Å²) in [6.45, 7) is 0. The number of carbonyl (C=O) groups is 1. The molecule has 36 heavy (non-hydrogen) atoms. The van der Waals surface area contributed by atoms with Gasteiger partial charge in [0.15, 0.2) is 17.3 Å². The lowest BCUT2D eigenvalue weighted by Crippen LogP contribution is -2.33. The Bertz CT molecular complexity index is 1330. The molecule has 0 unspecified atom stereocenters. The first-order valence-electron chi connectivity index (χ1n) is 11.0. The molecule has 1 N–H and O–H groups in total. The van der Waals surface area contributed by atoms with Crippen LogP contribution < -0.4 is 19.5 Å². The highest BCUT2D eigenvalue weighted by molar-refractivity contribution is 6.00. The van der Waals surface area contributed by atoms with Crippen LogP contribution in [0.15, 0.2) is 47.9 Å². The number of hydrogen-bond donors (Lipinski definition) is 1. The van der Waals surface area contributed by atoms with Crippen molar-refractivity contribution in [2.24, 2.45) is 0 Å². The van der Waals surface area contributed by atoms with Crippen LogP contribution in [0.5, 0.6) is 17.2 Å². The summed E-state index contributed by atoms with van der Waals surface area (Å²) >= 11 is 0. The molecule has 3 aromatic rings. The van der Waals surface area contributed by atoms with E-state index >= 15 is 0 Å². The van der Waals surface area contributed by atoms with Gasteiger partial charge < -0.3 is 19.5 Å². The van der Waals surface area contributed by atoms with Gasteiger partial charge in [0.2, 0.25) is 11.7 Å². The van der Waals surface area contributed by atoms with Gasteiger partial charge in [-0.3, -0.25) is 9.78 Å². The van der Waals surface area contributed by atoms with Crippen LogP contribution in [0, 0.1) is 0 Å². The van der Waals surface area contributed by atoms with E-state index in [0.29, 0.717) is 40.5 Å². The molecule has 12 heteroatoms. The number of benzene rings is 1. The highest BCUT2D eigenvalue weighted by Crippen LogP contribution is 2.47. The molecular formula is C24H22F3N5O4. The van der Waals surface area contributed by atoms with Crippen molar-refractivity contribution in [1.29, 1.82) is 0 Å². The number of alkyl halides is 3. The maximum atomic E-state index is 13.6. The molecule has 2 aliphatic rings. The fourth-order valence-electron chi connectivity index (χ4n) is 4.76. The molecule has 2 aromatic heterocycles. The van der Waals surface area contributed by atoms with Crippen molar-refractivity contribution in [3.8, 4) is 17.2 Å². The molecule has 0 spiro atoms. The zero-order chi connectivity index (χ0) is 25.6. The zero-order valence-electron chi connectivity index (χ0n) is 19.6. The molecule has 9 nitrogen and oxygen atoms in total. The molecule has 0 fully saturated rings. The van der Waals surface area contributed by atoms with Crippen LogP contribution in [0.25, 0.3) is 0 Å². The Balaban J connectivity index is 1.60. The van der Waals surface area contributed by atoms with Crippen LogP contribution in [0.1, 0.15) is 41.8 Å². The molecule has 2 atom stereocenters. The molecule has 1 aliphatic heterocycles. The number of ether oxygens (including phenoxy) is 3. The van der Waals surface area contributed by atoms with Gasteiger partial charge >= 0.3 is 6.18 Å². The number of ketones is 1. The van der Waals surface area contributed by atoms with E-state index in [1.807, 2.05) is 0 Å². The van der Waals surface area contributed by atoms with E-state index in [1.165, 1.54) is 33.7 Å². The minimum Gasteiger partial charge on any atom is -0.493 e. The Kier molecular flexibility index (Phi) is 5.81. The standard InChI is InChI=1S/C24H22F3N5O4/c1-34-17-10-14(11-18(35-2)21(17)36-3)13-8-15-19(16(33)9-13)20(12-4-6-28-7-5-12)32-23(29-15)30-22(31-32)24(25,26)27/h4-7,10-11,13,20H,8-9H2,1-3H3,(H,29,30,31)/t13-,20+/m0/s1. The number of Topliss-reactive ketones (excluding diaryl/α,β-unsaturated/α-hetero) is 1. The van der Waals surface area contributed by atoms with Gasteiger partial charge in [0, 0.05) is 30.1 Å². The first-order valence-corrected chi connectivity index (χ1v) is 11.0. The van der Waals surface area contributed by atoms with E-state index in [-0.39, 0.29) is 24.1 Å². The number of nitrogens with one attached hydrogen (secondary N) is 1. The third-order valence-electron chi connectivity index (χ3n) is 6.35. The average Bonchev–Trinajstić information content (AvgIpc) is 3.31. The summed E-state index contributed by atoms with van der Waals surface area (Å²) < 4.78 is 57.7. The molecule has 0 saturated carbocycles. The Morgan fingerprint density at radius 1 is 1.00 bits per heavy atom. The molecule has 188 valence electrons. The summed E-state index contributed by atoms with van der Waals surface area (Å²) in [5, 5.41) is 6.66. The maximum absolute atomic E-state index is 13.6. The largest absolute Gasteiger partial charge is 0.493 e. The minimum atomic E-state index is -4.74. The van der Waals surface area contributed by atoms with Crippen LogP contribution in [-0.2, 0) is 11.0 Å². The Morgan fingerprint density at radius 2 is 1.67 bits per heavy atom. The summed E-state index contributed by atoms with van der Waals surface area (Å²) in [5.74, 6) is -0.545. The molecular weight excluding hydrogens is 479 g/mol. The lowest BCUT2D eigenvalue weighted by molar-refractivity contribution is -0.145. The second kappa shape index (κ2) is 8.85. The van der Waals surface area contributed by atoms with Crippen LogP contribution in [0.2, 0.25) is 0 Å². The van der Waals surface area contributed by atoms with E-state index in [2.05, 4.69) is 20.4 Å². The van der Waals surface area contributed by atoms with Gasteiger partial charge in [-0.1, -0.05) is 0 Å². The van der Waals surface area contributed by atoms with E-state index < -0.39 is 18.0 Å². The van der Waals surface area contributed by atoms with Crippen molar-refractivity contribution in [2.75, 3.05) is 26.6 Å². The molecule has 0 saturated heterocycles. The lowest BCUT2D eigenvalue weighted by atomic mass is 9.78. The van der Waals surface area contributed by atoms with Crippen LogP contribution >= 0.6 is 0 Å². The van der Waals surface area contributed by atoms with Crippen molar-refractivity contribution >= 4 is 11.7 Å². The number of allylic oxidation sites excluding steroid dienone is 2. The SMILES string of the molecule is COc1cc([C@@H]2CC(=O)C3=C(C2)Nc2nc(C(F)(F)F)nn2[C@@H]3c2ccncc2)cc(OC)c1OC. The lowest BCUT2D eigenvalue weighted by Gasteiger charge is -2.35. The van der Waals surface area contributed by atoms with Gasteiger partial charge in [-0.15, -0.1) is 5.10 Å². The summed E-state index contributed by atoms with van der Waals surface area (Å²) in [5.41, 5.74) is 2.21. The molecule has 0 amide bonds. The number of nitrogens with zero attached hydrogens (tertiary/aromatic N) is 4. The van der Waals surface area contributed by atoms with Crippen molar-refractivity contribution in [2.45, 2.75) is 31.0 Å². The van der Waals surface area contributed by atoms with Crippen LogP contribution in [0.3, 0.4) is 0 Å². The average molecular weight is 501 g/mol. The number of rotatable bonds is 5. The third-order valence-corrected chi connectivity index (χ3v) is 6.35. The monoisotopic (exact) mass is 501 g/mol. The Hall–Kier alpha value is -4.09. The summed E-state index contributed by atoms with van der Waals surface area (Å²) in [4.78, 5) is 21.2. The predicted octanol–water partition coefficient (Wildman–Crippen LogP) is 4.13. The van der Waals surface area contributed by atoms with E-state index in [9.17, 15) is 18.0 Å². The number of fused-ring (bicyclic) bond motifs is 1. The number of anilines is 1. The van der Waals surface area contributed by atoms with Gasteiger partial charge in [0.25, 0.3) is 5.82 Å². The number of aromatic nitrogens is 4. The predicted molar refractivity (Wildman–Crippen MR) is 121 cm³/mol. The van der Waals surface area contributed by atoms with Gasteiger partial charge in [0.1, 0.15) is 6.04 Å². The normalized spacial score (nSPS) is 19.3. The minimum absolute atomic E-state index is 0.0822. The first-order chi connectivity index (χ1) is 17.2.